The van der Waals surface area contributed by atoms with Gasteiger partial charge in [-0.3, -0.25) is 0 Å². The van der Waals surface area contributed by atoms with Crippen molar-refractivity contribution in [2.24, 2.45) is 11.7 Å². The smallest absolute Gasteiger partial charge is 0.128 e. The van der Waals surface area contributed by atoms with E-state index in [1.807, 2.05) is 19.9 Å². The first kappa shape index (κ1) is 13.1. The molecule has 0 saturated carbocycles. The second kappa shape index (κ2) is 5.94. The topological polar surface area (TPSA) is 51.8 Å². The van der Waals surface area contributed by atoms with Gasteiger partial charge in [0.25, 0.3) is 0 Å². The van der Waals surface area contributed by atoms with Crippen LogP contribution < -0.4 is 5.73 Å². The van der Waals surface area contributed by atoms with Crippen LogP contribution in [-0.2, 0) is 12.8 Å². The van der Waals surface area contributed by atoms with Gasteiger partial charge in [-0.25, -0.2) is 9.97 Å². The lowest BCUT2D eigenvalue weighted by molar-refractivity contribution is 0.571. The fourth-order valence-corrected chi connectivity index (χ4v) is 1.66. The van der Waals surface area contributed by atoms with E-state index < -0.39 is 0 Å². The molecule has 16 heavy (non-hydrogen) atoms. The summed E-state index contributed by atoms with van der Waals surface area (Å²) in [6.07, 6.45) is 2.93. The minimum atomic E-state index is 0.159. The van der Waals surface area contributed by atoms with Crippen molar-refractivity contribution in [3.8, 4) is 0 Å². The van der Waals surface area contributed by atoms with Crippen LogP contribution in [0.2, 0.25) is 0 Å². The first-order valence-electron chi connectivity index (χ1n) is 6.06. The van der Waals surface area contributed by atoms with Crippen LogP contribution in [0.1, 0.15) is 44.4 Å². The van der Waals surface area contributed by atoms with E-state index in [0.29, 0.717) is 5.92 Å². The fraction of sp³-hybridized carbons (Fsp3) is 0.692. The summed E-state index contributed by atoms with van der Waals surface area (Å²) in [6, 6.07) is 2.19. The minimum absolute atomic E-state index is 0.159. The van der Waals surface area contributed by atoms with Gasteiger partial charge in [0, 0.05) is 30.3 Å². The van der Waals surface area contributed by atoms with E-state index >= 15 is 0 Å². The molecule has 0 amide bonds. The van der Waals surface area contributed by atoms with Gasteiger partial charge in [-0.05, 0) is 32.3 Å². The zero-order valence-corrected chi connectivity index (χ0v) is 10.8. The number of nitrogens with two attached hydrogens (primary N) is 1. The average molecular weight is 221 g/mol. The zero-order chi connectivity index (χ0) is 12.1. The normalized spacial score (nSPS) is 13.1. The Morgan fingerprint density at radius 1 is 1.25 bits per heavy atom. The maximum Gasteiger partial charge on any atom is 0.128 e. The lowest BCUT2D eigenvalue weighted by Gasteiger charge is -2.09. The number of aromatic nitrogens is 2. The Labute approximate surface area is 98.5 Å². The molecule has 0 fully saturated rings. The third-order valence-electron chi connectivity index (χ3n) is 2.43. The quantitative estimate of drug-likeness (QED) is 0.829. The van der Waals surface area contributed by atoms with Gasteiger partial charge in [0.15, 0.2) is 0 Å². The summed E-state index contributed by atoms with van der Waals surface area (Å²) in [5, 5.41) is 0. The molecule has 3 heteroatoms. The maximum atomic E-state index is 5.79. The largest absolute Gasteiger partial charge is 0.328 e. The summed E-state index contributed by atoms with van der Waals surface area (Å²) >= 11 is 0. The molecule has 0 spiro atoms. The summed E-state index contributed by atoms with van der Waals surface area (Å²) in [6.45, 7) is 8.47. The zero-order valence-electron chi connectivity index (χ0n) is 10.8. The van der Waals surface area contributed by atoms with Gasteiger partial charge in [-0.1, -0.05) is 13.8 Å². The Balaban J connectivity index is 2.73. The number of hydrogen-bond donors (Lipinski definition) is 1. The van der Waals surface area contributed by atoms with E-state index in [0.717, 1.165) is 36.5 Å². The molecule has 90 valence electrons. The molecule has 1 aromatic heterocycles. The standard InChI is InChI=1S/C13H23N3/c1-9(2)5-6-13-15-11(4)8-12(16-13)7-10(3)14/h8-10H,5-7,14H2,1-4H3. The first-order valence-corrected chi connectivity index (χ1v) is 6.06. The van der Waals surface area contributed by atoms with Crippen molar-refractivity contribution in [3.63, 3.8) is 0 Å². The lowest BCUT2D eigenvalue weighted by Crippen LogP contribution is -2.19. The van der Waals surface area contributed by atoms with Gasteiger partial charge in [-0.2, -0.15) is 0 Å². The third-order valence-corrected chi connectivity index (χ3v) is 2.43. The number of hydrogen-bond acceptors (Lipinski definition) is 3. The van der Waals surface area contributed by atoms with Crippen LogP contribution in [0.5, 0.6) is 0 Å². The summed E-state index contributed by atoms with van der Waals surface area (Å²) in [5.74, 6) is 1.66. The predicted octanol–water partition coefficient (Wildman–Crippen LogP) is 2.26. The van der Waals surface area contributed by atoms with Gasteiger partial charge >= 0.3 is 0 Å². The molecule has 1 heterocycles. The van der Waals surface area contributed by atoms with Crippen molar-refractivity contribution in [2.45, 2.75) is 53.0 Å². The van der Waals surface area contributed by atoms with Crippen molar-refractivity contribution in [1.29, 1.82) is 0 Å². The van der Waals surface area contributed by atoms with Gasteiger partial charge in [0.2, 0.25) is 0 Å². The summed E-state index contributed by atoms with van der Waals surface area (Å²) < 4.78 is 0. The Morgan fingerprint density at radius 3 is 2.50 bits per heavy atom. The number of aryl methyl sites for hydroxylation is 2. The third kappa shape index (κ3) is 4.71. The van der Waals surface area contributed by atoms with Crippen LogP contribution in [0, 0.1) is 12.8 Å². The molecule has 0 bridgehead atoms. The molecular formula is C13H23N3. The lowest BCUT2D eigenvalue weighted by atomic mass is 10.1. The molecule has 1 unspecified atom stereocenters. The van der Waals surface area contributed by atoms with Crippen molar-refractivity contribution >= 4 is 0 Å². The second-order valence-electron chi connectivity index (χ2n) is 5.03. The SMILES string of the molecule is Cc1cc(CC(C)N)nc(CCC(C)C)n1. The molecule has 0 aliphatic carbocycles. The van der Waals surface area contributed by atoms with E-state index in [1.54, 1.807) is 0 Å². The molecule has 0 aliphatic rings. The van der Waals surface area contributed by atoms with Crippen molar-refractivity contribution < 1.29 is 0 Å². The van der Waals surface area contributed by atoms with Crippen molar-refractivity contribution in [1.82, 2.24) is 9.97 Å². The molecule has 0 saturated heterocycles. The molecule has 3 nitrogen and oxygen atoms in total. The highest BCUT2D eigenvalue weighted by atomic mass is 14.9. The van der Waals surface area contributed by atoms with Gasteiger partial charge in [0.1, 0.15) is 5.82 Å². The number of nitrogens with zero attached hydrogens (tertiary/aromatic N) is 2. The van der Waals surface area contributed by atoms with E-state index in [1.165, 1.54) is 0 Å². The monoisotopic (exact) mass is 221 g/mol. The predicted molar refractivity (Wildman–Crippen MR) is 67.3 cm³/mol. The first-order chi connectivity index (χ1) is 7.47. The number of rotatable bonds is 5. The average Bonchev–Trinajstić information content (AvgIpc) is 2.12. The van der Waals surface area contributed by atoms with Gasteiger partial charge in [-0.15, -0.1) is 0 Å². The highest BCUT2D eigenvalue weighted by Gasteiger charge is 2.05. The fourth-order valence-electron chi connectivity index (χ4n) is 1.66. The molecule has 1 aromatic rings. The van der Waals surface area contributed by atoms with Crippen LogP contribution in [0.3, 0.4) is 0 Å². The Bertz CT molecular complexity index is 332. The summed E-state index contributed by atoms with van der Waals surface area (Å²) in [7, 11) is 0. The molecule has 0 radical (unpaired) electrons. The van der Waals surface area contributed by atoms with Crippen molar-refractivity contribution in [2.75, 3.05) is 0 Å². The summed E-state index contributed by atoms with van der Waals surface area (Å²) in [4.78, 5) is 9.02. The van der Waals surface area contributed by atoms with E-state index in [-0.39, 0.29) is 6.04 Å². The van der Waals surface area contributed by atoms with Crippen molar-refractivity contribution in [3.05, 3.63) is 23.3 Å². The molecule has 1 rings (SSSR count). The Morgan fingerprint density at radius 2 is 1.94 bits per heavy atom. The molecule has 1 atom stereocenters. The van der Waals surface area contributed by atoms with E-state index in [9.17, 15) is 0 Å². The molecule has 0 aliphatic heterocycles. The minimum Gasteiger partial charge on any atom is -0.328 e. The molecule has 2 N–H and O–H groups in total. The van der Waals surface area contributed by atoms with Crippen LogP contribution >= 0.6 is 0 Å². The highest BCUT2D eigenvalue weighted by molar-refractivity contribution is 5.11. The summed E-state index contributed by atoms with van der Waals surface area (Å²) in [5.41, 5.74) is 7.90. The second-order valence-corrected chi connectivity index (χ2v) is 5.03. The maximum absolute atomic E-state index is 5.79. The van der Waals surface area contributed by atoms with Gasteiger partial charge in [0.05, 0.1) is 0 Å². The molecular weight excluding hydrogens is 198 g/mol. The van der Waals surface area contributed by atoms with E-state index in [2.05, 4.69) is 23.8 Å². The van der Waals surface area contributed by atoms with Crippen LogP contribution in [0.4, 0.5) is 0 Å². The van der Waals surface area contributed by atoms with Crippen LogP contribution in [-0.4, -0.2) is 16.0 Å². The van der Waals surface area contributed by atoms with Crippen LogP contribution in [0.15, 0.2) is 6.07 Å². The van der Waals surface area contributed by atoms with Crippen LogP contribution in [0.25, 0.3) is 0 Å². The van der Waals surface area contributed by atoms with Gasteiger partial charge < -0.3 is 5.73 Å². The van der Waals surface area contributed by atoms with E-state index in [4.69, 9.17) is 5.73 Å². The highest BCUT2D eigenvalue weighted by Crippen LogP contribution is 2.08. The molecule has 0 aromatic carbocycles. The Hall–Kier alpha value is -0.960. The Kier molecular flexibility index (Phi) is 4.87.